The predicted molar refractivity (Wildman–Crippen MR) is 90.8 cm³/mol. The maximum atomic E-state index is 14.0. The summed E-state index contributed by atoms with van der Waals surface area (Å²) in [5.41, 5.74) is 2.24. The number of benzene rings is 2. The van der Waals surface area contributed by atoms with E-state index in [0.717, 1.165) is 36.1 Å². The van der Waals surface area contributed by atoms with E-state index in [4.69, 9.17) is 0 Å². The Morgan fingerprint density at radius 2 is 2.04 bits per heavy atom. The third-order valence-corrected chi connectivity index (χ3v) is 4.11. The van der Waals surface area contributed by atoms with Crippen molar-refractivity contribution in [3.63, 3.8) is 0 Å². The van der Waals surface area contributed by atoms with Gasteiger partial charge >= 0.3 is 5.97 Å². The molecule has 4 nitrogen and oxygen atoms in total. The first-order chi connectivity index (χ1) is 11.6. The van der Waals surface area contributed by atoms with Gasteiger partial charge in [0.15, 0.2) is 0 Å². The van der Waals surface area contributed by atoms with E-state index in [2.05, 4.69) is 11.9 Å². The molecule has 0 radical (unpaired) electrons. The zero-order valence-corrected chi connectivity index (χ0v) is 13.5. The van der Waals surface area contributed by atoms with Gasteiger partial charge in [-0.25, -0.2) is 14.2 Å². The SMILES string of the molecule is CCCCc1nc2ccc(C(=O)O)cc2n1Cc1ccccc1F. The quantitative estimate of drug-likeness (QED) is 0.736. The smallest absolute Gasteiger partial charge is 0.335 e. The van der Waals surface area contributed by atoms with Crippen molar-refractivity contribution in [1.82, 2.24) is 9.55 Å². The van der Waals surface area contributed by atoms with Gasteiger partial charge < -0.3 is 9.67 Å². The summed E-state index contributed by atoms with van der Waals surface area (Å²) in [6, 6.07) is 11.5. The van der Waals surface area contributed by atoms with E-state index in [9.17, 15) is 14.3 Å². The average molecular weight is 326 g/mol. The van der Waals surface area contributed by atoms with E-state index in [1.165, 1.54) is 6.07 Å². The molecule has 0 aliphatic carbocycles. The van der Waals surface area contributed by atoms with Crippen molar-refractivity contribution in [2.45, 2.75) is 32.7 Å². The average Bonchev–Trinajstić information content (AvgIpc) is 2.92. The van der Waals surface area contributed by atoms with Gasteiger partial charge in [0, 0.05) is 12.0 Å². The second-order valence-corrected chi connectivity index (χ2v) is 5.82. The van der Waals surface area contributed by atoms with E-state index in [1.807, 2.05) is 4.57 Å². The summed E-state index contributed by atoms with van der Waals surface area (Å²) < 4.78 is 16.0. The second-order valence-electron chi connectivity index (χ2n) is 5.82. The third-order valence-electron chi connectivity index (χ3n) is 4.11. The van der Waals surface area contributed by atoms with Crippen LogP contribution < -0.4 is 0 Å². The van der Waals surface area contributed by atoms with Crippen LogP contribution >= 0.6 is 0 Å². The van der Waals surface area contributed by atoms with Gasteiger partial charge in [0.1, 0.15) is 11.6 Å². The monoisotopic (exact) mass is 326 g/mol. The normalized spacial score (nSPS) is 11.1. The molecule has 1 aromatic heterocycles. The maximum absolute atomic E-state index is 14.0. The Balaban J connectivity index is 2.11. The Bertz CT molecular complexity index is 886. The van der Waals surface area contributed by atoms with Gasteiger partial charge in [0.25, 0.3) is 0 Å². The van der Waals surface area contributed by atoms with Gasteiger partial charge in [-0.1, -0.05) is 31.5 Å². The third kappa shape index (κ3) is 3.15. The minimum Gasteiger partial charge on any atom is -0.478 e. The molecule has 0 saturated carbocycles. The second kappa shape index (κ2) is 6.83. The Kier molecular flexibility index (Phi) is 4.60. The number of aryl methyl sites for hydroxylation is 1. The number of nitrogens with zero attached hydrogens (tertiary/aromatic N) is 2. The zero-order valence-electron chi connectivity index (χ0n) is 13.5. The molecule has 24 heavy (non-hydrogen) atoms. The molecule has 0 atom stereocenters. The zero-order chi connectivity index (χ0) is 17.1. The molecule has 3 rings (SSSR count). The molecular weight excluding hydrogens is 307 g/mol. The number of halogens is 1. The highest BCUT2D eigenvalue weighted by atomic mass is 19.1. The van der Waals surface area contributed by atoms with Gasteiger partial charge in [-0.3, -0.25) is 0 Å². The Labute approximate surface area is 139 Å². The van der Waals surface area contributed by atoms with Crippen LogP contribution in [0.3, 0.4) is 0 Å². The highest BCUT2D eigenvalue weighted by molar-refractivity contribution is 5.92. The molecule has 0 amide bonds. The van der Waals surface area contributed by atoms with Crippen LogP contribution in [0.4, 0.5) is 4.39 Å². The van der Waals surface area contributed by atoms with Crippen LogP contribution in [0.15, 0.2) is 42.5 Å². The topological polar surface area (TPSA) is 55.1 Å². The van der Waals surface area contributed by atoms with Crippen molar-refractivity contribution in [3.8, 4) is 0 Å². The number of hydrogen-bond acceptors (Lipinski definition) is 2. The lowest BCUT2D eigenvalue weighted by molar-refractivity contribution is 0.0697. The molecule has 3 aromatic rings. The van der Waals surface area contributed by atoms with Crippen molar-refractivity contribution < 1.29 is 14.3 Å². The van der Waals surface area contributed by atoms with Crippen LogP contribution in [0.2, 0.25) is 0 Å². The lowest BCUT2D eigenvalue weighted by atomic mass is 10.1. The van der Waals surface area contributed by atoms with Crippen LogP contribution in [0.5, 0.6) is 0 Å². The first kappa shape index (κ1) is 16.2. The van der Waals surface area contributed by atoms with Crippen molar-refractivity contribution in [1.29, 1.82) is 0 Å². The van der Waals surface area contributed by atoms with Crippen LogP contribution in [0.1, 0.15) is 41.5 Å². The molecule has 1 heterocycles. The van der Waals surface area contributed by atoms with E-state index >= 15 is 0 Å². The number of carbonyl (C=O) groups is 1. The number of imidazole rings is 1. The van der Waals surface area contributed by atoms with Crippen LogP contribution in [0, 0.1) is 5.82 Å². The fourth-order valence-electron chi connectivity index (χ4n) is 2.80. The Morgan fingerprint density at radius 3 is 2.75 bits per heavy atom. The van der Waals surface area contributed by atoms with Crippen molar-refractivity contribution in [2.24, 2.45) is 0 Å². The molecule has 0 fully saturated rings. The number of unbranched alkanes of at least 4 members (excludes halogenated alkanes) is 1. The predicted octanol–water partition coefficient (Wildman–Crippen LogP) is 4.26. The molecule has 0 aliphatic heterocycles. The van der Waals surface area contributed by atoms with Gasteiger partial charge in [0.2, 0.25) is 0 Å². The van der Waals surface area contributed by atoms with Crippen molar-refractivity contribution >= 4 is 17.0 Å². The number of fused-ring (bicyclic) bond motifs is 1. The van der Waals surface area contributed by atoms with Crippen molar-refractivity contribution in [2.75, 3.05) is 0 Å². The number of aromatic nitrogens is 2. The number of rotatable bonds is 6. The van der Waals surface area contributed by atoms with Gasteiger partial charge in [-0.15, -0.1) is 0 Å². The van der Waals surface area contributed by atoms with Crippen LogP contribution in [-0.2, 0) is 13.0 Å². The Morgan fingerprint density at radius 1 is 1.25 bits per heavy atom. The molecule has 0 bridgehead atoms. The Hall–Kier alpha value is -2.69. The van der Waals surface area contributed by atoms with E-state index in [0.29, 0.717) is 12.1 Å². The lowest BCUT2D eigenvalue weighted by Gasteiger charge is -2.10. The van der Waals surface area contributed by atoms with Gasteiger partial charge in [0.05, 0.1) is 23.1 Å². The molecule has 0 spiro atoms. The number of hydrogen-bond donors (Lipinski definition) is 1. The van der Waals surface area contributed by atoms with Crippen LogP contribution in [-0.4, -0.2) is 20.6 Å². The molecule has 5 heteroatoms. The summed E-state index contributed by atoms with van der Waals surface area (Å²) in [7, 11) is 0. The number of aromatic carboxylic acids is 1. The van der Waals surface area contributed by atoms with Crippen molar-refractivity contribution in [3.05, 3.63) is 65.2 Å². The van der Waals surface area contributed by atoms with E-state index in [1.54, 1.807) is 36.4 Å². The summed E-state index contributed by atoms with van der Waals surface area (Å²) >= 11 is 0. The van der Waals surface area contributed by atoms with E-state index in [-0.39, 0.29) is 11.4 Å². The minimum absolute atomic E-state index is 0.208. The first-order valence-electron chi connectivity index (χ1n) is 8.06. The summed E-state index contributed by atoms with van der Waals surface area (Å²) in [5, 5.41) is 9.23. The largest absolute Gasteiger partial charge is 0.478 e. The molecule has 1 N–H and O–H groups in total. The molecule has 2 aromatic carbocycles. The molecule has 0 aliphatic rings. The summed E-state index contributed by atoms with van der Waals surface area (Å²) in [5.74, 6) is -0.390. The van der Waals surface area contributed by atoms with Gasteiger partial charge in [-0.05, 0) is 30.7 Å². The fraction of sp³-hybridized carbons (Fsp3) is 0.263. The summed E-state index contributed by atoms with van der Waals surface area (Å²) in [4.78, 5) is 15.9. The lowest BCUT2D eigenvalue weighted by Crippen LogP contribution is -2.07. The molecule has 0 saturated heterocycles. The standard InChI is InChI=1S/C19H19FN2O2/c1-2-3-8-18-21-16-10-9-13(19(23)24)11-17(16)22(18)12-14-6-4-5-7-15(14)20/h4-7,9-11H,2-3,8,12H2,1H3,(H,23,24). The molecular formula is C19H19FN2O2. The molecule has 0 unspecified atom stereocenters. The molecule has 124 valence electrons. The number of carboxylic acid groups (broad SMARTS) is 1. The highest BCUT2D eigenvalue weighted by Crippen LogP contribution is 2.22. The first-order valence-corrected chi connectivity index (χ1v) is 8.06. The van der Waals surface area contributed by atoms with Crippen LogP contribution in [0.25, 0.3) is 11.0 Å². The highest BCUT2D eigenvalue weighted by Gasteiger charge is 2.14. The maximum Gasteiger partial charge on any atom is 0.335 e. The fourth-order valence-corrected chi connectivity index (χ4v) is 2.80. The summed E-state index contributed by atoms with van der Waals surface area (Å²) in [6.45, 7) is 2.44. The number of carboxylic acids is 1. The minimum atomic E-state index is -0.981. The summed E-state index contributed by atoms with van der Waals surface area (Å²) in [6.07, 6.45) is 2.79. The van der Waals surface area contributed by atoms with Gasteiger partial charge in [-0.2, -0.15) is 0 Å². The van der Waals surface area contributed by atoms with E-state index < -0.39 is 5.97 Å².